The zero-order valence-corrected chi connectivity index (χ0v) is 7.95. The van der Waals surface area contributed by atoms with E-state index in [0.717, 1.165) is 32.7 Å². The summed E-state index contributed by atoms with van der Waals surface area (Å²) in [5.74, 6) is 0.561. The maximum atomic E-state index is 8.65. The minimum atomic E-state index is -0.139. The van der Waals surface area contributed by atoms with Gasteiger partial charge < -0.3 is 20.3 Å². The van der Waals surface area contributed by atoms with Gasteiger partial charge in [0.05, 0.1) is 19.8 Å². The molecule has 1 aliphatic rings. The maximum Gasteiger partial charge on any atom is 0.0583 e. The van der Waals surface area contributed by atoms with Crippen LogP contribution in [0.3, 0.4) is 0 Å². The van der Waals surface area contributed by atoms with E-state index in [2.05, 4.69) is 0 Å². The van der Waals surface area contributed by atoms with Crippen LogP contribution < -0.4 is 5.73 Å². The Hall–Kier alpha value is -0.160. The van der Waals surface area contributed by atoms with Crippen LogP contribution in [0.5, 0.6) is 0 Å². The highest BCUT2D eigenvalue weighted by Crippen LogP contribution is 2.12. The Bertz CT molecular complexity index is 126. The van der Waals surface area contributed by atoms with Gasteiger partial charge in [-0.25, -0.2) is 0 Å². The molecule has 1 saturated heterocycles. The van der Waals surface area contributed by atoms with Crippen molar-refractivity contribution < 1.29 is 14.6 Å². The second kappa shape index (κ2) is 6.32. The summed E-state index contributed by atoms with van der Waals surface area (Å²) in [6.07, 6.45) is 1.83. The van der Waals surface area contributed by atoms with Crippen LogP contribution in [0.15, 0.2) is 0 Å². The quantitative estimate of drug-likeness (QED) is 0.565. The van der Waals surface area contributed by atoms with Gasteiger partial charge in [-0.05, 0) is 12.8 Å². The summed E-state index contributed by atoms with van der Waals surface area (Å²) in [6.45, 7) is 3.13. The molecule has 2 atom stereocenters. The van der Waals surface area contributed by atoms with E-state index in [-0.39, 0.29) is 12.6 Å². The molecule has 2 unspecified atom stereocenters. The summed E-state index contributed by atoms with van der Waals surface area (Å²) in [6, 6.07) is -0.139. The average molecular weight is 189 g/mol. The highest BCUT2D eigenvalue weighted by Gasteiger charge is 2.15. The Balaban J connectivity index is 1.88. The number of hydrogen-bond donors (Lipinski definition) is 2. The molecule has 0 aromatic heterocycles. The van der Waals surface area contributed by atoms with Crippen LogP contribution >= 0.6 is 0 Å². The van der Waals surface area contributed by atoms with Crippen LogP contribution in [0.4, 0.5) is 0 Å². The molecule has 0 aromatic carbocycles. The van der Waals surface area contributed by atoms with Crippen LogP contribution in [0.1, 0.15) is 12.8 Å². The molecule has 0 bridgehead atoms. The molecule has 1 heterocycles. The second-order valence-electron chi connectivity index (χ2n) is 3.54. The highest BCUT2D eigenvalue weighted by atomic mass is 16.5. The molecular formula is C9H19NO3. The monoisotopic (exact) mass is 189 g/mol. The topological polar surface area (TPSA) is 64.7 Å². The van der Waals surface area contributed by atoms with Gasteiger partial charge in [-0.15, -0.1) is 0 Å². The van der Waals surface area contributed by atoms with Crippen LogP contribution in [-0.2, 0) is 9.47 Å². The third kappa shape index (κ3) is 4.57. The van der Waals surface area contributed by atoms with Gasteiger partial charge in [0, 0.05) is 25.2 Å². The molecule has 1 aliphatic heterocycles. The van der Waals surface area contributed by atoms with Crippen molar-refractivity contribution >= 4 is 0 Å². The molecule has 0 aromatic rings. The van der Waals surface area contributed by atoms with Gasteiger partial charge >= 0.3 is 0 Å². The summed E-state index contributed by atoms with van der Waals surface area (Å²) in [5, 5.41) is 8.65. The summed E-state index contributed by atoms with van der Waals surface area (Å²) in [4.78, 5) is 0. The molecule has 0 spiro atoms. The Kier molecular flexibility index (Phi) is 5.31. The molecule has 4 nitrogen and oxygen atoms in total. The first-order valence-corrected chi connectivity index (χ1v) is 4.85. The molecule has 4 heteroatoms. The first-order chi connectivity index (χ1) is 6.33. The van der Waals surface area contributed by atoms with E-state index in [1.54, 1.807) is 0 Å². The number of ether oxygens (including phenoxy) is 2. The fourth-order valence-corrected chi connectivity index (χ4v) is 1.29. The van der Waals surface area contributed by atoms with E-state index in [1.807, 2.05) is 0 Å². The number of aliphatic hydroxyl groups excluding tert-OH is 1. The van der Waals surface area contributed by atoms with Gasteiger partial charge in [-0.2, -0.15) is 0 Å². The lowest BCUT2D eigenvalue weighted by atomic mass is 10.1. The number of aliphatic hydroxyl groups is 1. The van der Waals surface area contributed by atoms with Crippen molar-refractivity contribution in [2.75, 3.05) is 33.0 Å². The summed E-state index contributed by atoms with van der Waals surface area (Å²) < 4.78 is 10.6. The number of nitrogens with two attached hydrogens (primary N) is 1. The molecule has 0 radical (unpaired) electrons. The zero-order valence-electron chi connectivity index (χ0n) is 7.95. The van der Waals surface area contributed by atoms with Crippen LogP contribution in [0.2, 0.25) is 0 Å². The highest BCUT2D eigenvalue weighted by molar-refractivity contribution is 4.63. The Morgan fingerprint density at radius 3 is 3.08 bits per heavy atom. The molecule has 0 aliphatic carbocycles. The van der Waals surface area contributed by atoms with Crippen molar-refractivity contribution in [1.29, 1.82) is 0 Å². The molecule has 3 N–H and O–H groups in total. The zero-order chi connectivity index (χ0) is 9.52. The van der Waals surface area contributed by atoms with Crippen LogP contribution in [0, 0.1) is 5.92 Å². The van der Waals surface area contributed by atoms with E-state index in [0.29, 0.717) is 12.5 Å². The normalized spacial score (nSPS) is 24.9. The molecule has 0 amide bonds. The first kappa shape index (κ1) is 10.9. The molecule has 13 heavy (non-hydrogen) atoms. The van der Waals surface area contributed by atoms with Crippen molar-refractivity contribution in [2.24, 2.45) is 11.7 Å². The van der Waals surface area contributed by atoms with Crippen molar-refractivity contribution in [3.63, 3.8) is 0 Å². The average Bonchev–Trinajstić information content (AvgIpc) is 2.64. The molecular weight excluding hydrogens is 170 g/mol. The van der Waals surface area contributed by atoms with E-state index in [9.17, 15) is 0 Å². The van der Waals surface area contributed by atoms with Crippen molar-refractivity contribution in [3.05, 3.63) is 0 Å². The van der Waals surface area contributed by atoms with Crippen molar-refractivity contribution in [2.45, 2.75) is 18.9 Å². The lowest BCUT2D eigenvalue weighted by molar-refractivity contribution is 0.0815. The van der Waals surface area contributed by atoms with Gasteiger partial charge in [-0.3, -0.25) is 0 Å². The van der Waals surface area contributed by atoms with Crippen LogP contribution in [0.25, 0.3) is 0 Å². The van der Waals surface area contributed by atoms with E-state index >= 15 is 0 Å². The van der Waals surface area contributed by atoms with Gasteiger partial charge in [0.15, 0.2) is 0 Å². The summed E-state index contributed by atoms with van der Waals surface area (Å²) >= 11 is 0. The van der Waals surface area contributed by atoms with Crippen molar-refractivity contribution in [3.8, 4) is 0 Å². The minimum absolute atomic E-state index is 0.0376. The predicted octanol–water partition coefficient (Wildman–Crippen LogP) is -0.251. The molecule has 78 valence electrons. The van der Waals surface area contributed by atoms with Gasteiger partial charge in [0.25, 0.3) is 0 Å². The predicted molar refractivity (Wildman–Crippen MR) is 49.4 cm³/mol. The van der Waals surface area contributed by atoms with Gasteiger partial charge in [0.2, 0.25) is 0 Å². The Morgan fingerprint density at radius 2 is 2.46 bits per heavy atom. The lowest BCUT2D eigenvalue weighted by Crippen LogP contribution is -2.26. The maximum absolute atomic E-state index is 8.65. The van der Waals surface area contributed by atoms with Crippen LogP contribution in [-0.4, -0.2) is 44.2 Å². The SMILES string of the molecule is NC(CO)CCOCC1CCOC1. The minimum Gasteiger partial charge on any atom is -0.395 e. The summed E-state index contributed by atoms with van der Waals surface area (Å²) in [5.41, 5.74) is 5.51. The number of hydrogen-bond acceptors (Lipinski definition) is 4. The largest absolute Gasteiger partial charge is 0.395 e. The Labute approximate surface area is 79.0 Å². The summed E-state index contributed by atoms with van der Waals surface area (Å²) in [7, 11) is 0. The lowest BCUT2D eigenvalue weighted by Gasteiger charge is -2.10. The fourth-order valence-electron chi connectivity index (χ4n) is 1.29. The van der Waals surface area contributed by atoms with Gasteiger partial charge in [-0.1, -0.05) is 0 Å². The first-order valence-electron chi connectivity index (χ1n) is 4.85. The molecule has 0 saturated carbocycles. The third-order valence-corrected chi connectivity index (χ3v) is 2.25. The van der Waals surface area contributed by atoms with E-state index in [4.69, 9.17) is 20.3 Å². The Morgan fingerprint density at radius 1 is 1.62 bits per heavy atom. The van der Waals surface area contributed by atoms with E-state index < -0.39 is 0 Å². The standard InChI is InChI=1S/C9H19NO3/c10-9(5-11)2-4-13-7-8-1-3-12-6-8/h8-9,11H,1-7,10H2. The number of rotatable bonds is 6. The van der Waals surface area contributed by atoms with Crippen molar-refractivity contribution in [1.82, 2.24) is 0 Å². The van der Waals surface area contributed by atoms with Gasteiger partial charge in [0.1, 0.15) is 0 Å². The smallest absolute Gasteiger partial charge is 0.0583 e. The van der Waals surface area contributed by atoms with E-state index in [1.165, 1.54) is 0 Å². The third-order valence-electron chi connectivity index (χ3n) is 2.25. The molecule has 1 rings (SSSR count). The fraction of sp³-hybridized carbons (Fsp3) is 1.00. The molecule has 1 fully saturated rings. The second-order valence-corrected chi connectivity index (χ2v) is 3.54.